The second kappa shape index (κ2) is 5.79. The van der Waals surface area contributed by atoms with E-state index >= 15 is 0 Å². The van der Waals surface area contributed by atoms with E-state index in [0.29, 0.717) is 5.82 Å². The van der Waals surface area contributed by atoms with Crippen LogP contribution in [0.4, 0.5) is 5.82 Å². The van der Waals surface area contributed by atoms with Crippen molar-refractivity contribution in [2.24, 2.45) is 0 Å². The SMILES string of the molecule is Cc1nc(NC(=O)c2ccc(C(=O)O)cn2)ccc1Br. The van der Waals surface area contributed by atoms with Gasteiger partial charge in [-0.15, -0.1) is 0 Å². The molecule has 0 bridgehead atoms. The maximum absolute atomic E-state index is 11.9. The quantitative estimate of drug-likeness (QED) is 0.898. The fourth-order valence-corrected chi connectivity index (χ4v) is 1.67. The van der Waals surface area contributed by atoms with Crippen molar-refractivity contribution in [3.05, 3.63) is 51.9 Å². The minimum Gasteiger partial charge on any atom is -0.478 e. The Bertz CT molecular complexity index is 671. The number of hydrogen-bond donors (Lipinski definition) is 2. The van der Waals surface area contributed by atoms with E-state index in [-0.39, 0.29) is 11.3 Å². The van der Waals surface area contributed by atoms with Gasteiger partial charge in [-0.2, -0.15) is 0 Å². The summed E-state index contributed by atoms with van der Waals surface area (Å²) in [6.45, 7) is 1.81. The number of carboxylic acid groups (broad SMARTS) is 1. The number of carbonyl (C=O) groups excluding carboxylic acids is 1. The second-order valence-electron chi connectivity index (χ2n) is 3.96. The average molecular weight is 336 g/mol. The van der Waals surface area contributed by atoms with Gasteiger partial charge in [0, 0.05) is 10.7 Å². The number of halogens is 1. The highest BCUT2D eigenvalue weighted by Gasteiger charge is 2.10. The molecule has 0 spiro atoms. The number of nitrogens with one attached hydrogen (secondary N) is 1. The molecule has 2 aromatic heterocycles. The molecular weight excluding hydrogens is 326 g/mol. The highest BCUT2D eigenvalue weighted by molar-refractivity contribution is 9.10. The van der Waals surface area contributed by atoms with Crippen LogP contribution >= 0.6 is 15.9 Å². The number of amides is 1. The van der Waals surface area contributed by atoms with Gasteiger partial charge in [0.1, 0.15) is 11.5 Å². The van der Waals surface area contributed by atoms with Crippen LogP contribution in [0.5, 0.6) is 0 Å². The Morgan fingerprint density at radius 1 is 1.25 bits per heavy atom. The molecule has 2 heterocycles. The zero-order chi connectivity index (χ0) is 14.7. The Labute approximate surface area is 123 Å². The molecule has 7 heteroatoms. The standard InChI is InChI=1S/C13H10BrN3O3/c1-7-9(14)3-5-11(16-7)17-12(18)10-4-2-8(6-15-10)13(19)20/h2-6H,1H3,(H,19,20)(H,16,17,18). The maximum atomic E-state index is 11.9. The summed E-state index contributed by atoms with van der Waals surface area (Å²) < 4.78 is 0.847. The summed E-state index contributed by atoms with van der Waals surface area (Å²) >= 11 is 3.32. The number of carbonyl (C=O) groups is 2. The number of hydrogen-bond acceptors (Lipinski definition) is 4. The molecule has 20 heavy (non-hydrogen) atoms. The summed E-state index contributed by atoms with van der Waals surface area (Å²) in [4.78, 5) is 30.6. The molecule has 1 amide bonds. The third-order valence-electron chi connectivity index (χ3n) is 2.51. The number of rotatable bonds is 3. The highest BCUT2D eigenvalue weighted by Crippen LogP contribution is 2.16. The van der Waals surface area contributed by atoms with Crippen LogP contribution in [0.2, 0.25) is 0 Å². The topological polar surface area (TPSA) is 92.2 Å². The van der Waals surface area contributed by atoms with Crippen LogP contribution in [-0.2, 0) is 0 Å². The fraction of sp³-hybridized carbons (Fsp3) is 0.0769. The van der Waals surface area contributed by atoms with E-state index in [2.05, 4.69) is 31.2 Å². The summed E-state index contributed by atoms with van der Waals surface area (Å²) in [6.07, 6.45) is 1.14. The summed E-state index contributed by atoms with van der Waals surface area (Å²) in [5.41, 5.74) is 0.897. The molecule has 0 aliphatic heterocycles. The predicted octanol–water partition coefficient (Wildman–Crippen LogP) is 2.50. The first-order chi connectivity index (χ1) is 9.47. The first kappa shape index (κ1) is 14.1. The molecule has 0 saturated carbocycles. The van der Waals surface area contributed by atoms with Crippen LogP contribution in [0.1, 0.15) is 26.5 Å². The number of pyridine rings is 2. The molecule has 0 saturated heterocycles. The number of aromatic nitrogens is 2. The lowest BCUT2D eigenvalue weighted by Crippen LogP contribution is -2.15. The number of anilines is 1. The van der Waals surface area contributed by atoms with Crippen molar-refractivity contribution in [3.63, 3.8) is 0 Å². The maximum Gasteiger partial charge on any atom is 0.337 e. The van der Waals surface area contributed by atoms with Gasteiger partial charge in [0.05, 0.1) is 11.3 Å². The Hall–Kier alpha value is -2.28. The van der Waals surface area contributed by atoms with Gasteiger partial charge in [0.15, 0.2) is 0 Å². The van der Waals surface area contributed by atoms with E-state index in [1.54, 1.807) is 19.1 Å². The van der Waals surface area contributed by atoms with Crippen molar-refractivity contribution in [1.82, 2.24) is 9.97 Å². The second-order valence-corrected chi connectivity index (χ2v) is 4.81. The van der Waals surface area contributed by atoms with Gasteiger partial charge in [-0.3, -0.25) is 9.78 Å². The minimum atomic E-state index is -1.09. The molecule has 102 valence electrons. The van der Waals surface area contributed by atoms with Crippen LogP contribution in [-0.4, -0.2) is 27.0 Å². The Balaban J connectivity index is 2.15. The number of carboxylic acids is 1. The van der Waals surface area contributed by atoms with Gasteiger partial charge < -0.3 is 10.4 Å². The Morgan fingerprint density at radius 2 is 2.00 bits per heavy atom. The van der Waals surface area contributed by atoms with Crippen molar-refractivity contribution in [1.29, 1.82) is 0 Å². The molecule has 2 N–H and O–H groups in total. The van der Waals surface area contributed by atoms with Crippen molar-refractivity contribution >= 4 is 33.6 Å². The van der Waals surface area contributed by atoms with Crippen LogP contribution in [0.15, 0.2) is 34.9 Å². The van der Waals surface area contributed by atoms with Gasteiger partial charge in [0.2, 0.25) is 0 Å². The summed E-state index contributed by atoms with van der Waals surface area (Å²) in [6, 6.07) is 6.11. The fourth-order valence-electron chi connectivity index (χ4n) is 1.45. The average Bonchev–Trinajstić information content (AvgIpc) is 2.43. The van der Waals surface area contributed by atoms with E-state index in [4.69, 9.17) is 5.11 Å². The molecule has 0 aromatic carbocycles. The molecule has 0 atom stereocenters. The molecule has 6 nitrogen and oxygen atoms in total. The first-order valence-corrected chi connectivity index (χ1v) is 6.40. The first-order valence-electron chi connectivity index (χ1n) is 5.61. The third-order valence-corrected chi connectivity index (χ3v) is 3.34. The molecule has 0 fully saturated rings. The smallest absolute Gasteiger partial charge is 0.337 e. The van der Waals surface area contributed by atoms with Crippen molar-refractivity contribution in [2.45, 2.75) is 6.92 Å². The van der Waals surface area contributed by atoms with E-state index in [1.165, 1.54) is 12.1 Å². The summed E-state index contributed by atoms with van der Waals surface area (Å²) in [7, 11) is 0. The summed E-state index contributed by atoms with van der Waals surface area (Å²) in [5.74, 6) is -1.13. The summed E-state index contributed by atoms with van der Waals surface area (Å²) in [5, 5.41) is 11.3. The van der Waals surface area contributed by atoms with E-state index in [0.717, 1.165) is 16.4 Å². The van der Waals surface area contributed by atoms with Crippen LogP contribution < -0.4 is 5.32 Å². The molecule has 0 aliphatic carbocycles. The van der Waals surface area contributed by atoms with Crippen molar-refractivity contribution in [2.75, 3.05) is 5.32 Å². The van der Waals surface area contributed by atoms with E-state index in [1.807, 2.05) is 0 Å². The Morgan fingerprint density at radius 3 is 2.55 bits per heavy atom. The highest BCUT2D eigenvalue weighted by atomic mass is 79.9. The molecule has 0 radical (unpaired) electrons. The van der Waals surface area contributed by atoms with Crippen LogP contribution in [0.25, 0.3) is 0 Å². The molecule has 2 rings (SSSR count). The molecular formula is C13H10BrN3O3. The zero-order valence-corrected chi connectivity index (χ0v) is 12.0. The number of aromatic carboxylic acids is 1. The number of aryl methyl sites for hydroxylation is 1. The molecule has 2 aromatic rings. The normalized spacial score (nSPS) is 10.1. The lowest BCUT2D eigenvalue weighted by atomic mass is 10.2. The largest absolute Gasteiger partial charge is 0.478 e. The lowest BCUT2D eigenvalue weighted by molar-refractivity contribution is 0.0696. The van der Waals surface area contributed by atoms with Gasteiger partial charge in [0.25, 0.3) is 5.91 Å². The monoisotopic (exact) mass is 335 g/mol. The zero-order valence-electron chi connectivity index (χ0n) is 10.4. The predicted molar refractivity (Wildman–Crippen MR) is 75.8 cm³/mol. The van der Waals surface area contributed by atoms with Gasteiger partial charge in [-0.05, 0) is 47.1 Å². The van der Waals surface area contributed by atoms with Gasteiger partial charge >= 0.3 is 5.97 Å². The van der Waals surface area contributed by atoms with Gasteiger partial charge in [-0.1, -0.05) is 0 Å². The molecule has 0 aliphatic rings. The van der Waals surface area contributed by atoms with Crippen LogP contribution in [0.3, 0.4) is 0 Å². The minimum absolute atomic E-state index is 0.0270. The van der Waals surface area contributed by atoms with Gasteiger partial charge in [-0.25, -0.2) is 9.78 Å². The van der Waals surface area contributed by atoms with Crippen molar-refractivity contribution in [3.8, 4) is 0 Å². The van der Waals surface area contributed by atoms with E-state index < -0.39 is 11.9 Å². The molecule has 0 unspecified atom stereocenters. The third kappa shape index (κ3) is 3.18. The van der Waals surface area contributed by atoms with E-state index in [9.17, 15) is 9.59 Å². The van der Waals surface area contributed by atoms with Crippen LogP contribution in [0, 0.1) is 6.92 Å². The number of nitrogens with zero attached hydrogens (tertiary/aromatic N) is 2. The lowest BCUT2D eigenvalue weighted by Gasteiger charge is -2.05. The van der Waals surface area contributed by atoms with Crippen molar-refractivity contribution < 1.29 is 14.7 Å². The Kier molecular flexibility index (Phi) is 4.09.